The molecule has 2 amide bonds. The highest BCUT2D eigenvalue weighted by Gasteiger charge is 2.44. The van der Waals surface area contributed by atoms with Crippen LogP contribution in [0.3, 0.4) is 0 Å². The van der Waals surface area contributed by atoms with E-state index in [0.717, 1.165) is 13.0 Å². The van der Waals surface area contributed by atoms with Crippen molar-refractivity contribution in [1.82, 2.24) is 19.8 Å². The lowest BCUT2D eigenvalue weighted by molar-refractivity contribution is -0.142. The molecule has 5 rings (SSSR count). The highest BCUT2D eigenvalue weighted by molar-refractivity contribution is 5.78. The third kappa shape index (κ3) is 4.99. The molecule has 1 N–H and O–H groups in total. The first-order valence-electron chi connectivity index (χ1n) is 13.5. The SMILES string of the molecule is CC1CCN1c1nc(N2CC(OCC(=O)N3CCN(C(=O)O)[C@@H](C(C)(C)C)C3)C2)c2c(n1)C(F)(F)CCC2. The molecule has 1 aromatic rings. The van der Waals surface area contributed by atoms with Crippen molar-refractivity contribution in [3.63, 3.8) is 0 Å². The van der Waals surface area contributed by atoms with E-state index >= 15 is 0 Å². The number of carbonyl (C=O) groups excluding carboxylic acids is 1. The van der Waals surface area contributed by atoms with Crippen molar-refractivity contribution in [2.24, 2.45) is 5.41 Å². The highest BCUT2D eigenvalue weighted by Crippen LogP contribution is 2.44. The Bertz CT molecular complexity index is 1090. The Balaban J connectivity index is 1.21. The summed E-state index contributed by atoms with van der Waals surface area (Å²) >= 11 is 0. The topological polar surface area (TPSA) is 102 Å². The van der Waals surface area contributed by atoms with Gasteiger partial charge in [0.05, 0.1) is 12.1 Å². The lowest BCUT2D eigenvalue weighted by atomic mass is 9.84. The molecule has 3 saturated heterocycles. The van der Waals surface area contributed by atoms with E-state index in [1.807, 2.05) is 37.5 Å². The van der Waals surface area contributed by atoms with Gasteiger partial charge in [0.1, 0.15) is 18.1 Å². The summed E-state index contributed by atoms with van der Waals surface area (Å²) in [7, 11) is 0. The number of amides is 2. The van der Waals surface area contributed by atoms with Crippen LogP contribution in [-0.2, 0) is 21.9 Å². The zero-order valence-electron chi connectivity index (χ0n) is 22.6. The molecule has 0 saturated carbocycles. The summed E-state index contributed by atoms with van der Waals surface area (Å²) in [6.07, 6.45) is 0.520. The van der Waals surface area contributed by atoms with Gasteiger partial charge in [-0.25, -0.2) is 9.78 Å². The summed E-state index contributed by atoms with van der Waals surface area (Å²) in [6.45, 7) is 10.5. The van der Waals surface area contributed by atoms with Gasteiger partial charge in [0.15, 0.2) is 0 Å². The van der Waals surface area contributed by atoms with Gasteiger partial charge in [-0.05, 0) is 31.6 Å². The molecule has 4 heterocycles. The van der Waals surface area contributed by atoms with Gasteiger partial charge in [0.2, 0.25) is 11.9 Å². The molecule has 12 heteroatoms. The molecule has 210 valence electrons. The second kappa shape index (κ2) is 9.77. The number of anilines is 2. The van der Waals surface area contributed by atoms with Crippen LogP contribution in [-0.4, -0.2) is 101 Å². The van der Waals surface area contributed by atoms with Crippen molar-refractivity contribution < 1.29 is 28.2 Å². The smallest absolute Gasteiger partial charge is 0.407 e. The molecule has 0 spiro atoms. The normalized spacial score (nSPS) is 25.5. The van der Waals surface area contributed by atoms with E-state index in [4.69, 9.17) is 9.72 Å². The molecule has 38 heavy (non-hydrogen) atoms. The van der Waals surface area contributed by atoms with Gasteiger partial charge in [0.25, 0.3) is 5.92 Å². The van der Waals surface area contributed by atoms with Crippen LogP contribution in [0.15, 0.2) is 0 Å². The molecule has 0 aromatic carbocycles. The van der Waals surface area contributed by atoms with Gasteiger partial charge in [-0.2, -0.15) is 13.8 Å². The third-order valence-electron chi connectivity index (χ3n) is 8.38. The van der Waals surface area contributed by atoms with Crippen molar-refractivity contribution in [3.05, 3.63) is 11.3 Å². The molecule has 3 aliphatic heterocycles. The van der Waals surface area contributed by atoms with Crippen LogP contribution in [0, 0.1) is 5.41 Å². The van der Waals surface area contributed by atoms with Gasteiger partial charge >= 0.3 is 6.09 Å². The second-order valence-corrected chi connectivity index (χ2v) is 12.1. The number of fused-ring (bicyclic) bond motifs is 1. The maximum Gasteiger partial charge on any atom is 0.407 e. The quantitative estimate of drug-likeness (QED) is 0.613. The minimum absolute atomic E-state index is 0.0983. The molecule has 0 bridgehead atoms. The largest absolute Gasteiger partial charge is 0.465 e. The minimum atomic E-state index is -2.96. The van der Waals surface area contributed by atoms with Crippen molar-refractivity contribution in [2.75, 3.05) is 55.7 Å². The number of carbonyl (C=O) groups is 2. The summed E-state index contributed by atoms with van der Waals surface area (Å²) in [6, 6.07) is -0.0749. The van der Waals surface area contributed by atoms with Crippen molar-refractivity contribution in [1.29, 1.82) is 0 Å². The minimum Gasteiger partial charge on any atom is -0.465 e. The lowest BCUT2D eigenvalue weighted by Gasteiger charge is -2.46. The molecule has 10 nitrogen and oxygen atoms in total. The molecular weight excluding hydrogens is 498 g/mol. The number of ether oxygens (including phenoxy) is 1. The van der Waals surface area contributed by atoms with Gasteiger partial charge in [-0.1, -0.05) is 20.8 Å². The molecule has 1 unspecified atom stereocenters. The summed E-state index contributed by atoms with van der Waals surface area (Å²) in [5.74, 6) is -2.20. The number of carboxylic acid groups (broad SMARTS) is 1. The zero-order chi connectivity index (χ0) is 27.4. The van der Waals surface area contributed by atoms with Crippen molar-refractivity contribution in [2.45, 2.75) is 77.5 Å². The number of nitrogens with zero attached hydrogens (tertiary/aromatic N) is 6. The van der Waals surface area contributed by atoms with Gasteiger partial charge in [-0.15, -0.1) is 0 Å². The van der Waals surface area contributed by atoms with Gasteiger partial charge in [-0.3, -0.25) is 4.79 Å². The second-order valence-electron chi connectivity index (χ2n) is 12.1. The first-order chi connectivity index (χ1) is 17.8. The Morgan fingerprint density at radius 2 is 1.87 bits per heavy atom. The Kier molecular flexibility index (Phi) is 6.90. The Morgan fingerprint density at radius 1 is 1.13 bits per heavy atom. The molecule has 2 atom stereocenters. The molecular formula is C26H38F2N6O4. The Labute approximate surface area is 221 Å². The van der Waals surface area contributed by atoms with Crippen LogP contribution in [0.4, 0.5) is 25.3 Å². The van der Waals surface area contributed by atoms with Crippen LogP contribution in [0.25, 0.3) is 0 Å². The van der Waals surface area contributed by atoms with E-state index in [9.17, 15) is 23.5 Å². The first kappa shape index (κ1) is 26.8. The van der Waals surface area contributed by atoms with Crippen LogP contribution in [0.5, 0.6) is 0 Å². The number of rotatable bonds is 5. The predicted molar refractivity (Wildman–Crippen MR) is 137 cm³/mol. The van der Waals surface area contributed by atoms with Crippen LogP contribution in [0.2, 0.25) is 0 Å². The first-order valence-corrected chi connectivity index (χ1v) is 13.5. The molecule has 4 aliphatic rings. The number of piperazine rings is 1. The van der Waals surface area contributed by atoms with E-state index in [-0.39, 0.29) is 54.8 Å². The fraction of sp³-hybridized carbons (Fsp3) is 0.769. The summed E-state index contributed by atoms with van der Waals surface area (Å²) in [4.78, 5) is 40.6. The van der Waals surface area contributed by atoms with Crippen LogP contribution in [0.1, 0.15) is 58.2 Å². The van der Waals surface area contributed by atoms with E-state index in [1.165, 1.54) is 4.90 Å². The summed E-state index contributed by atoms with van der Waals surface area (Å²) in [5.41, 5.74) is 0.0703. The maximum absolute atomic E-state index is 14.8. The number of hydrogen-bond acceptors (Lipinski definition) is 7. The van der Waals surface area contributed by atoms with Gasteiger partial charge < -0.3 is 29.4 Å². The van der Waals surface area contributed by atoms with E-state index in [1.54, 1.807) is 4.90 Å². The number of aromatic nitrogens is 2. The van der Waals surface area contributed by atoms with Crippen LogP contribution >= 0.6 is 0 Å². The highest BCUT2D eigenvalue weighted by atomic mass is 19.3. The third-order valence-corrected chi connectivity index (χ3v) is 8.38. The zero-order valence-corrected chi connectivity index (χ0v) is 22.6. The fourth-order valence-corrected chi connectivity index (χ4v) is 5.78. The molecule has 3 fully saturated rings. The summed E-state index contributed by atoms with van der Waals surface area (Å²) in [5, 5.41) is 9.55. The van der Waals surface area contributed by atoms with Crippen molar-refractivity contribution in [3.8, 4) is 0 Å². The van der Waals surface area contributed by atoms with E-state index in [2.05, 4.69) is 4.98 Å². The lowest BCUT2D eigenvalue weighted by Crippen LogP contribution is -2.61. The van der Waals surface area contributed by atoms with Crippen LogP contribution < -0.4 is 9.80 Å². The van der Waals surface area contributed by atoms with Gasteiger partial charge in [0, 0.05) is 57.3 Å². The Hall–Kier alpha value is -2.76. The van der Waals surface area contributed by atoms with E-state index < -0.39 is 12.0 Å². The van der Waals surface area contributed by atoms with E-state index in [0.29, 0.717) is 56.4 Å². The average molecular weight is 537 g/mol. The Morgan fingerprint density at radius 3 is 2.47 bits per heavy atom. The predicted octanol–water partition coefficient (Wildman–Crippen LogP) is 2.95. The molecule has 1 aromatic heterocycles. The molecule has 1 aliphatic carbocycles. The number of alkyl halides is 2. The fourth-order valence-electron chi connectivity index (χ4n) is 5.78. The number of halogens is 2. The van der Waals surface area contributed by atoms with Crippen molar-refractivity contribution >= 4 is 23.8 Å². The summed E-state index contributed by atoms with van der Waals surface area (Å²) < 4.78 is 35.5. The number of hydrogen-bond donors (Lipinski definition) is 1. The maximum atomic E-state index is 14.8. The standard InChI is InChI=1S/C26H38F2N6O4/c1-16-7-9-33(16)23-29-21-18(6-5-8-26(21,27)28)22(30-23)32-12-17(13-32)38-15-20(35)31-10-11-34(24(36)37)19(14-31)25(2,3)4/h16-17,19H,5-15H2,1-4H3,(H,36,37)/t16?,19-/m1/s1. The molecule has 0 radical (unpaired) electrons. The monoisotopic (exact) mass is 536 g/mol. The average Bonchev–Trinajstić information content (AvgIpc) is 2.81.